The number of hydrogen-bond donors (Lipinski definition) is 1. The summed E-state index contributed by atoms with van der Waals surface area (Å²) in [6.45, 7) is 0. The van der Waals surface area contributed by atoms with Gasteiger partial charge in [-0.1, -0.05) is 5.16 Å². The lowest BCUT2D eigenvalue weighted by molar-refractivity contribution is -0.137. The minimum Gasteiger partial charge on any atom is -0.328 e. The fourth-order valence-corrected chi connectivity index (χ4v) is 1.76. The van der Waals surface area contributed by atoms with Crippen LogP contribution in [0.1, 0.15) is 16.2 Å². The van der Waals surface area contributed by atoms with Gasteiger partial charge in [-0.15, -0.1) is 0 Å². The van der Waals surface area contributed by atoms with Gasteiger partial charge in [-0.3, -0.25) is 9.78 Å². The largest absolute Gasteiger partial charge is 0.416 e. The number of benzene rings is 1. The molecule has 0 aliphatic heterocycles. The number of nitrogens with zero attached hydrogens (tertiary/aromatic N) is 4. The van der Waals surface area contributed by atoms with Crippen LogP contribution < -0.4 is 5.32 Å². The molecular formula is C14H8F3N5O2. The van der Waals surface area contributed by atoms with Gasteiger partial charge in [-0.05, 0) is 24.3 Å². The van der Waals surface area contributed by atoms with E-state index in [9.17, 15) is 18.0 Å². The van der Waals surface area contributed by atoms with Crippen LogP contribution >= 0.6 is 0 Å². The van der Waals surface area contributed by atoms with Crippen LogP contribution in [-0.4, -0.2) is 26.0 Å². The van der Waals surface area contributed by atoms with Gasteiger partial charge in [0, 0.05) is 18.1 Å². The molecule has 0 aliphatic rings. The van der Waals surface area contributed by atoms with Crippen LogP contribution in [0.3, 0.4) is 0 Å². The van der Waals surface area contributed by atoms with Gasteiger partial charge < -0.3 is 9.84 Å². The zero-order valence-corrected chi connectivity index (χ0v) is 11.8. The molecule has 0 bridgehead atoms. The Labute approximate surface area is 132 Å². The van der Waals surface area contributed by atoms with E-state index in [2.05, 4.69) is 25.4 Å². The van der Waals surface area contributed by atoms with E-state index >= 15 is 0 Å². The maximum Gasteiger partial charge on any atom is 0.416 e. The Balaban J connectivity index is 1.73. The molecular weight excluding hydrogens is 327 g/mol. The minimum absolute atomic E-state index is 0.0701. The summed E-state index contributed by atoms with van der Waals surface area (Å²) in [4.78, 5) is 23.6. The van der Waals surface area contributed by atoms with Crippen molar-refractivity contribution in [1.29, 1.82) is 0 Å². The average Bonchev–Trinajstić information content (AvgIpc) is 3.05. The van der Waals surface area contributed by atoms with Crippen LogP contribution in [0.2, 0.25) is 0 Å². The molecule has 1 amide bonds. The second-order valence-electron chi connectivity index (χ2n) is 4.54. The number of nitrogens with one attached hydrogen (secondary N) is 1. The smallest absolute Gasteiger partial charge is 0.328 e. The number of alkyl halides is 3. The van der Waals surface area contributed by atoms with Crippen LogP contribution in [0.25, 0.3) is 11.5 Å². The number of hydrogen-bond acceptors (Lipinski definition) is 6. The van der Waals surface area contributed by atoms with E-state index in [1.54, 1.807) is 0 Å². The van der Waals surface area contributed by atoms with Crippen molar-refractivity contribution >= 4 is 11.6 Å². The maximum atomic E-state index is 12.5. The number of halogens is 3. The molecule has 0 atom stereocenters. The highest BCUT2D eigenvalue weighted by Gasteiger charge is 2.30. The summed E-state index contributed by atoms with van der Waals surface area (Å²) in [6.07, 6.45) is -0.168. The summed E-state index contributed by atoms with van der Waals surface area (Å²) in [7, 11) is 0. The Kier molecular flexibility index (Phi) is 3.94. The van der Waals surface area contributed by atoms with Gasteiger partial charge in [0.15, 0.2) is 0 Å². The van der Waals surface area contributed by atoms with Crippen LogP contribution in [-0.2, 0) is 6.18 Å². The second-order valence-corrected chi connectivity index (χ2v) is 4.54. The standard InChI is InChI=1S/C14H8F3N5O2/c15-14(16,17)8-1-3-9(4-2-8)20-12(23)13-21-11(22-24-13)10-7-18-5-6-19-10/h1-7H,(H,20,23). The van der Waals surface area contributed by atoms with Gasteiger partial charge in [0.1, 0.15) is 5.69 Å². The number of carbonyl (C=O) groups is 1. The topological polar surface area (TPSA) is 93.8 Å². The molecule has 3 aromatic rings. The lowest BCUT2D eigenvalue weighted by atomic mass is 10.2. The maximum absolute atomic E-state index is 12.5. The van der Waals surface area contributed by atoms with E-state index in [1.165, 1.54) is 18.6 Å². The second kappa shape index (κ2) is 6.07. The Morgan fingerprint density at radius 3 is 2.50 bits per heavy atom. The van der Waals surface area contributed by atoms with Gasteiger partial charge in [-0.2, -0.15) is 18.2 Å². The highest BCUT2D eigenvalue weighted by Crippen LogP contribution is 2.29. The molecule has 7 nitrogen and oxygen atoms in total. The number of amides is 1. The molecule has 2 heterocycles. The molecule has 0 unspecified atom stereocenters. The zero-order valence-electron chi connectivity index (χ0n) is 11.8. The zero-order chi connectivity index (χ0) is 17.2. The van der Waals surface area contributed by atoms with Gasteiger partial charge >= 0.3 is 18.0 Å². The molecule has 10 heteroatoms. The molecule has 1 aromatic carbocycles. The molecule has 1 N–H and O–H groups in total. The Morgan fingerprint density at radius 1 is 1.12 bits per heavy atom. The van der Waals surface area contributed by atoms with Crippen LogP contribution in [0.4, 0.5) is 18.9 Å². The molecule has 3 rings (SSSR count). The van der Waals surface area contributed by atoms with Gasteiger partial charge in [0.25, 0.3) is 0 Å². The van der Waals surface area contributed by atoms with E-state index in [0.717, 1.165) is 24.3 Å². The summed E-state index contributed by atoms with van der Waals surface area (Å²) in [6, 6.07) is 3.96. The van der Waals surface area contributed by atoms with E-state index in [-0.39, 0.29) is 17.4 Å². The molecule has 0 saturated carbocycles. The first-order chi connectivity index (χ1) is 11.4. The molecule has 24 heavy (non-hydrogen) atoms. The molecule has 2 aromatic heterocycles. The van der Waals surface area contributed by atoms with Crippen molar-refractivity contribution in [3.8, 4) is 11.5 Å². The lowest BCUT2D eigenvalue weighted by Gasteiger charge is -2.07. The fourth-order valence-electron chi connectivity index (χ4n) is 1.76. The van der Waals surface area contributed by atoms with Gasteiger partial charge in [0.05, 0.1) is 11.8 Å². The fraction of sp³-hybridized carbons (Fsp3) is 0.0714. The lowest BCUT2D eigenvalue weighted by Crippen LogP contribution is -2.12. The summed E-state index contributed by atoms with van der Waals surface area (Å²) < 4.78 is 42.2. The van der Waals surface area contributed by atoms with Crippen LogP contribution in [0, 0.1) is 0 Å². The molecule has 122 valence electrons. The first kappa shape index (κ1) is 15.6. The first-order valence-electron chi connectivity index (χ1n) is 6.52. The highest BCUT2D eigenvalue weighted by atomic mass is 19.4. The van der Waals surface area contributed by atoms with E-state index in [1.807, 2.05) is 0 Å². The minimum atomic E-state index is -4.44. The van der Waals surface area contributed by atoms with Crippen LogP contribution in [0.15, 0.2) is 47.4 Å². The van der Waals surface area contributed by atoms with Crippen molar-refractivity contribution in [1.82, 2.24) is 20.1 Å². The summed E-state index contributed by atoms with van der Waals surface area (Å²) in [5, 5.41) is 5.96. The predicted octanol–water partition coefficient (Wildman–Crippen LogP) is 2.80. The van der Waals surface area contributed by atoms with E-state index in [4.69, 9.17) is 4.52 Å². The Morgan fingerprint density at radius 2 is 1.88 bits per heavy atom. The normalized spacial score (nSPS) is 11.3. The first-order valence-corrected chi connectivity index (χ1v) is 6.52. The van der Waals surface area contributed by atoms with E-state index < -0.39 is 17.6 Å². The molecule has 0 spiro atoms. The predicted molar refractivity (Wildman–Crippen MR) is 74.7 cm³/mol. The number of rotatable bonds is 3. The van der Waals surface area contributed by atoms with Crippen LogP contribution in [0.5, 0.6) is 0 Å². The van der Waals surface area contributed by atoms with Crippen molar-refractivity contribution in [3.63, 3.8) is 0 Å². The third kappa shape index (κ3) is 3.37. The number of aromatic nitrogens is 4. The SMILES string of the molecule is O=C(Nc1ccc(C(F)(F)F)cc1)c1nc(-c2cnccn2)no1. The molecule has 0 saturated heterocycles. The summed E-state index contributed by atoms with van der Waals surface area (Å²) >= 11 is 0. The summed E-state index contributed by atoms with van der Waals surface area (Å²) in [5.74, 6) is -1.03. The summed E-state index contributed by atoms with van der Waals surface area (Å²) in [5.41, 5.74) is -0.342. The van der Waals surface area contributed by atoms with Gasteiger partial charge in [0.2, 0.25) is 5.82 Å². The third-order valence-corrected chi connectivity index (χ3v) is 2.88. The van der Waals surface area contributed by atoms with Crippen molar-refractivity contribution in [2.24, 2.45) is 0 Å². The Hall–Kier alpha value is -3.30. The van der Waals surface area contributed by atoms with Crippen molar-refractivity contribution in [3.05, 3.63) is 54.3 Å². The third-order valence-electron chi connectivity index (χ3n) is 2.88. The molecule has 0 fully saturated rings. The quantitative estimate of drug-likeness (QED) is 0.791. The number of carbonyl (C=O) groups excluding carboxylic acids is 1. The highest BCUT2D eigenvalue weighted by molar-refractivity contribution is 6.01. The Bertz CT molecular complexity index is 847. The average molecular weight is 335 g/mol. The van der Waals surface area contributed by atoms with Gasteiger partial charge in [-0.25, -0.2) is 4.98 Å². The monoisotopic (exact) mass is 335 g/mol. The van der Waals surface area contributed by atoms with Crippen molar-refractivity contribution in [2.45, 2.75) is 6.18 Å². The molecule has 0 aliphatic carbocycles. The van der Waals surface area contributed by atoms with Crippen molar-refractivity contribution in [2.75, 3.05) is 5.32 Å². The van der Waals surface area contributed by atoms with Crippen molar-refractivity contribution < 1.29 is 22.5 Å². The molecule has 0 radical (unpaired) electrons. The van der Waals surface area contributed by atoms with E-state index in [0.29, 0.717) is 5.69 Å². The number of anilines is 1.